The summed E-state index contributed by atoms with van der Waals surface area (Å²) in [6.45, 7) is 0. The molecule has 0 rings (SSSR count). The molecule has 60 valence electrons. The van der Waals surface area contributed by atoms with Crippen molar-refractivity contribution in [3.63, 3.8) is 0 Å². The van der Waals surface area contributed by atoms with Crippen molar-refractivity contribution in [2.75, 3.05) is 6.16 Å². The Morgan fingerprint density at radius 3 is 1.80 bits per heavy atom. The van der Waals surface area contributed by atoms with E-state index in [0.29, 0.717) is 0 Å². The van der Waals surface area contributed by atoms with Crippen molar-refractivity contribution >= 4 is 7.60 Å². The van der Waals surface area contributed by atoms with Crippen LogP contribution in [0.1, 0.15) is 0 Å². The van der Waals surface area contributed by atoms with E-state index in [1.807, 2.05) is 0 Å². The quantitative estimate of drug-likeness (QED) is 0.552. The summed E-state index contributed by atoms with van der Waals surface area (Å²) in [4.78, 5) is 19.2. The lowest BCUT2D eigenvalue weighted by Gasteiger charge is -2.27. The van der Waals surface area contributed by atoms with Gasteiger partial charge >= 0.3 is 6.08 Å². The van der Waals surface area contributed by atoms with Crippen LogP contribution in [-0.2, 0) is 4.57 Å². The second kappa shape index (κ2) is 3.18. The van der Waals surface area contributed by atoms with E-state index in [9.17, 15) is 27.5 Å². The van der Waals surface area contributed by atoms with Gasteiger partial charge in [-0.25, -0.2) is 4.39 Å². The standard InChI is InChI=1S/C3H4F3O3P/c4-2(3(5)6)1-10(7,8)9/h1H2,(H2,7,8,9)/p-2. The van der Waals surface area contributed by atoms with Crippen LogP contribution in [0.25, 0.3) is 0 Å². The Kier molecular flexibility index (Phi) is 3.08. The van der Waals surface area contributed by atoms with Gasteiger partial charge < -0.3 is 14.4 Å². The zero-order valence-corrected chi connectivity index (χ0v) is 5.41. The highest BCUT2D eigenvalue weighted by molar-refractivity contribution is 7.49. The van der Waals surface area contributed by atoms with Crippen molar-refractivity contribution in [3.8, 4) is 0 Å². The van der Waals surface area contributed by atoms with Gasteiger partial charge in [0.1, 0.15) is 0 Å². The lowest BCUT2D eigenvalue weighted by Crippen LogP contribution is -2.17. The number of hydrogen-bond acceptors (Lipinski definition) is 3. The first-order chi connectivity index (χ1) is 4.33. The summed E-state index contributed by atoms with van der Waals surface area (Å²) < 4.78 is 43.3. The molecule has 0 spiro atoms. The second-order valence-electron chi connectivity index (χ2n) is 1.43. The summed E-state index contributed by atoms with van der Waals surface area (Å²) in [5.41, 5.74) is 0. The van der Waals surface area contributed by atoms with E-state index in [2.05, 4.69) is 0 Å². The van der Waals surface area contributed by atoms with Gasteiger partial charge in [0.25, 0.3) is 0 Å². The molecule has 0 fully saturated rings. The highest BCUT2D eigenvalue weighted by atomic mass is 31.2. The van der Waals surface area contributed by atoms with Crippen molar-refractivity contribution in [1.29, 1.82) is 0 Å². The monoisotopic (exact) mass is 174 g/mol. The lowest BCUT2D eigenvalue weighted by atomic mass is 10.7. The molecule has 0 saturated heterocycles. The normalized spacial score (nSPS) is 11.3. The van der Waals surface area contributed by atoms with Crippen LogP contribution >= 0.6 is 7.60 Å². The van der Waals surface area contributed by atoms with E-state index in [4.69, 9.17) is 0 Å². The van der Waals surface area contributed by atoms with Gasteiger partial charge in [0.05, 0.1) is 0 Å². The Morgan fingerprint density at radius 1 is 1.30 bits per heavy atom. The zero-order valence-electron chi connectivity index (χ0n) is 4.51. The fraction of sp³-hybridized carbons (Fsp3) is 0.333. The van der Waals surface area contributed by atoms with Crippen LogP contribution in [0, 0.1) is 0 Å². The Morgan fingerprint density at radius 2 is 1.70 bits per heavy atom. The van der Waals surface area contributed by atoms with Gasteiger partial charge in [-0.3, -0.25) is 0 Å². The van der Waals surface area contributed by atoms with Crippen LogP contribution in [0.3, 0.4) is 0 Å². The molecule has 0 aliphatic rings. The van der Waals surface area contributed by atoms with Crippen LogP contribution in [0.2, 0.25) is 0 Å². The lowest BCUT2D eigenvalue weighted by molar-refractivity contribution is -0.313. The van der Waals surface area contributed by atoms with Crippen LogP contribution in [0.5, 0.6) is 0 Å². The first-order valence-electron chi connectivity index (χ1n) is 2.03. The molecule has 0 atom stereocenters. The van der Waals surface area contributed by atoms with Gasteiger partial charge in [-0.2, -0.15) is 8.78 Å². The fourth-order valence-corrected chi connectivity index (χ4v) is 0.689. The summed E-state index contributed by atoms with van der Waals surface area (Å²) in [6.07, 6.45) is -4.53. The molecule has 0 amide bonds. The van der Waals surface area contributed by atoms with Crippen molar-refractivity contribution in [2.24, 2.45) is 0 Å². The van der Waals surface area contributed by atoms with E-state index in [-0.39, 0.29) is 0 Å². The molecular weight excluding hydrogens is 172 g/mol. The number of allylic oxidation sites excluding steroid dienone is 1. The Balaban J connectivity index is 4.20. The van der Waals surface area contributed by atoms with Crippen molar-refractivity contribution < 1.29 is 27.5 Å². The molecule has 0 aromatic heterocycles. The van der Waals surface area contributed by atoms with Crippen LogP contribution in [-0.4, -0.2) is 6.16 Å². The first-order valence-corrected chi connectivity index (χ1v) is 3.76. The minimum absolute atomic E-state index is 1.75. The third-order valence-electron chi connectivity index (χ3n) is 0.538. The van der Waals surface area contributed by atoms with Crippen LogP contribution in [0.4, 0.5) is 13.2 Å². The van der Waals surface area contributed by atoms with Gasteiger partial charge in [0, 0.05) is 6.16 Å². The van der Waals surface area contributed by atoms with Crippen LogP contribution in [0.15, 0.2) is 11.9 Å². The van der Waals surface area contributed by atoms with Gasteiger partial charge in [-0.1, -0.05) is 7.60 Å². The molecule has 0 aliphatic heterocycles. The summed E-state index contributed by atoms with van der Waals surface area (Å²) in [5, 5.41) is 0. The summed E-state index contributed by atoms with van der Waals surface area (Å²) in [7, 11) is -5.19. The van der Waals surface area contributed by atoms with Gasteiger partial charge in [0.15, 0.2) is 5.83 Å². The SMILES string of the molecule is O=P([O-])([O-])CC(F)=C(F)F. The number of hydrogen-bond donors (Lipinski definition) is 0. The van der Waals surface area contributed by atoms with Gasteiger partial charge in [-0.05, 0) is 0 Å². The molecule has 0 aliphatic carbocycles. The molecule has 0 aromatic carbocycles. The highest BCUT2D eigenvalue weighted by Crippen LogP contribution is 2.28. The Labute approximate surface area is 54.3 Å². The minimum atomic E-state index is -5.19. The van der Waals surface area contributed by atoms with E-state index >= 15 is 0 Å². The predicted octanol–water partition coefficient (Wildman–Crippen LogP) is -0.0223. The second-order valence-corrected chi connectivity index (χ2v) is 2.97. The van der Waals surface area contributed by atoms with E-state index in [1.165, 1.54) is 0 Å². The smallest absolute Gasteiger partial charge is 0.301 e. The largest absolute Gasteiger partial charge is 0.810 e. The number of rotatable bonds is 2. The van der Waals surface area contributed by atoms with Crippen molar-refractivity contribution in [1.82, 2.24) is 0 Å². The molecule has 0 unspecified atom stereocenters. The third kappa shape index (κ3) is 4.55. The Hall–Kier alpha value is -0.320. The van der Waals surface area contributed by atoms with Gasteiger partial charge in [0.2, 0.25) is 0 Å². The maximum Gasteiger partial charge on any atom is 0.301 e. The molecule has 0 saturated carbocycles. The van der Waals surface area contributed by atoms with Crippen LogP contribution < -0.4 is 9.79 Å². The number of halogens is 3. The topological polar surface area (TPSA) is 63.2 Å². The molecule has 0 N–H and O–H groups in total. The van der Waals surface area contributed by atoms with Crippen molar-refractivity contribution in [3.05, 3.63) is 11.9 Å². The van der Waals surface area contributed by atoms with E-state index < -0.39 is 25.7 Å². The summed E-state index contributed by atoms with van der Waals surface area (Å²) in [5.74, 6) is -2.19. The molecule has 3 nitrogen and oxygen atoms in total. The van der Waals surface area contributed by atoms with E-state index in [1.54, 1.807) is 0 Å². The molecule has 10 heavy (non-hydrogen) atoms. The fourth-order valence-electron chi connectivity index (χ4n) is 0.230. The minimum Gasteiger partial charge on any atom is -0.810 e. The molecular formula is C3H2F3O3P-2. The predicted molar refractivity (Wildman–Crippen MR) is 22.8 cm³/mol. The molecule has 0 heterocycles. The van der Waals surface area contributed by atoms with E-state index in [0.717, 1.165) is 0 Å². The summed E-state index contributed by atoms with van der Waals surface area (Å²) in [6, 6.07) is 0. The molecule has 0 bridgehead atoms. The third-order valence-corrected chi connectivity index (χ3v) is 1.20. The summed E-state index contributed by atoms with van der Waals surface area (Å²) >= 11 is 0. The average molecular weight is 174 g/mol. The molecule has 7 heteroatoms. The zero-order chi connectivity index (χ0) is 8.36. The van der Waals surface area contributed by atoms with Gasteiger partial charge in [-0.15, -0.1) is 0 Å². The maximum absolute atomic E-state index is 11.6. The average Bonchev–Trinajstić information content (AvgIpc) is 1.60. The molecule has 0 aromatic rings. The maximum atomic E-state index is 11.6. The molecule has 0 radical (unpaired) electrons. The Bertz CT molecular complexity index is 191. The van der Waals surface area contributed by atoms with Crippen molar-refractivity contribution in [2.45, 2.75) is 0 Å². The first kappa shape index (κ1) is 9.68. The highest BCUT2D eigenvalue weighted by Gasteiger charge is 2.05.